The van der Waals surface area contributed by atoms with E-state index < -0.39 is 5.95 Å². The molecule has 0 saturated heterocycles. The predicted octanol–water partition coefficient (Wildman–Crippen LogP) is 4.06. The second kappa shape index (κ2) is 4.46. The summed E-state index contributed by atoms with van der Waals surface area (Å²) in [6.07, 6.45) is 1.02. The Balaban J connectivity index is 2.07. The molecule has 3 aromatic rings. The molecule has 18 heavy (non-hydrogen) atoms. The molecule has 3 rings (SSSR count). The average molecular weight is 258 g/mol. The van der Waals surface area contributed by atoms with Gasteiger partial charge in [-0.3, -0.25) is 0 Å². The van der Waals surface area contributed by atoms with Gasteiger partial charge in [0.05, 0.1) is 0 Å². The van der Waals surface area contributed by atoms with Crippen LogP contribution in [0.15, 0.2) is 36.4 Å². The molecule has 2 nitrogen and oxygen atoms in total. The minimum absolute atomic E-state index is 0.459. The summed E-state index contributed by atoms with van der Waals surface area (Å²) in [5, 5.41) is 0.880. The van der Waals surface area contributed by atoms with Crippen molar-refractivity contribution in [3.05, 3.63) is 47.9 Å². The average Bonchev–Trinajstić information content (AvgIpc) is 2.81. The van der Waals surface area contributed by atoms with Gasteiger partial charge >= 0.3 is 0 Å². The number of hydrogen-bond donors (Lipinski definition) is 0. The molecule has 2 heterocycles. The van der Waals surface area contributed by atoms with Crippen LogP contribution in [0.1, 0.15) is 12.5 Å². The first-order valence-electron chi connectivity index (χ1n) is 5.78. The van der Waals surface area contributed by atoms with E-state index >= 15 is 0 Å². The van der Waals surface area contributed by atoms with E-state index in [1.54, 1.807) is 6.07 Å². The second-order valence-corrected chi connectivity index (χ2v) is 5.01. The maximum Gasteiger partial charge on any atom is 0.214 e. The van der Waals surface area contributed by atoms with E-state index in [-0.39, 0.29) is 0 Å². The molecule has 0 N–H and O–H groups in total. The van der Waals surface area contributed by atoms with Crippen LogP contribution in [0.5, 0.6) is 0 Å². The predicted molar refractivity (Wildman–Crippen MR) is 72.2 cm³/mol. The van der Waals surface area contributed by atoms with Gasteiger partial charge in [0.1, 0.15) is 15.4 Å². The Morgan fingerprint density at radius 2 is 1.83 bits per heavy atom. The highest BCUT2D eigenvalue weighted by Gasteiger charge is 2.07. The van der Waals surface area contributed by atoms with Crippen LogP contribution in [-0.4, -0.2) is 9.97 Å². The SMILES string of the molecule is CCc1ccc(-c2nc3ccc(F)nc3s2)cc1. The first-order valence-corrected chi connectivity index (χ1v) is 6.60. The van der Waals surface area contributed by atoms with Gasteiger partial charge in [0, 0.05) is 5.56 Å². The minimum atomic E-state index is -0.459. The van der Waals surface area contributed by atoms with Crippen LogP contribution < -0.4 is 0 Å². The van der Waals surface area contributed by atoms with Crippen molar-refractivity contribution in [2.75, 3.05) is 0 Å². The molecule has 0 aliphatic heterocycles. The van der Waals surface area contributed by atoms with E-state index in [9.17, 15) is 4.39 Å². The molecular weight excluding hydrogens is 247 g/mol. The first-order chi connectivity index (χ1) is 8.76. The number of thiazole rings is 1. The fourth-order valence-corrected chi connectivity index (χ4v) is 2.73. The van der Waals surface area contributed by atoms with Gasteiger partial charge in [-0.15, -0.1) is 0 Å². The standard InChI is InChI=1S/C14H11FN2S/c1-2-9-3-5-10(6-4-9)13-16-11-7-8-12(15)17-14(11)18-13/h3-8H,2H2,1H3. The smallest absolute Gasteiger partial charge is 0.214 e. The zero-order chi connectivity index (χ0) is 12.5. The fraction of sp³-hybridized carbons (Fsp3) is 0.143. The lowest BCUT2D eigenvalue weighted by atomic mass is 10.1. The molecule has 0 spiro atoms. The van der Waals surface area contributed by atoms with Crippen molar-refractivity contribution < 1.29 is 4.39 Å². The molecule has 0 amide bonds. The normalized spacial score (nSPS) is 11.0. The number of aromatic nitrogens is 2. The molecular formula is C14H11FN2S. The van der Waals surface area contributed by atoms with Crippen molar-refractivity contribution in [2.45, 2.75) is 13.3 Å². The summed E-state index contributed by atoms with van der Waals surface area (Å²) in [6, 6.07) is 11.3. The molecule has 0 aliphatic rings. The molecule has 0 bridgehead atoms. The van der Waals surface area contributed by atoms with E-state index in [2.05, 4.69) is 29.0 Å². The number of nitrogens with zero attached hydrogens (tertiary/aromatic N) is 2. The van der Waals surface area contributed by atoms with Gasteiger partial charge in [-0.2, -0.15) is 4.39 Å². The van der Waals surface area contributed by atoms with Crippen LogP contribution in [0, 0.1) is 5.95 Å². The summed E-state index contributed by atoms with van der Waals surface area (Å²) in [5.41, 5.74) is 3.09. The van der Waals surface area contributed by atoms with E-state index in [4.69, 9.17) is 0 Å². The van der Waals surface area contributed by atoms with E-state index in [1.807, 2.05) is 12.1 Å². The largest absolute Gasteiger partial charge is 0.234 e. The molecule has 4 heteroatoms. The van der Waals surface area contributed by atoms with Crippen molar-refractivity contribution in [2.24, 2.45) is 0 Å². The number of fused-ring (bicyclic) bond motifs is 1. The third-order valence-electron chi connectivity index (χ3n) is 2.83. The monoisotopic (exact) mass is 258 g/mol. The lowest BCUT2D eigenvalue weighted by molar-refractivity contribution is 0.589. The van der Waals surface area contributed by atoms with E-state index in [0.717, 1.165) is 22.5 Å². The van der Waals surface area contributed by atoms with Gasteiger partial charge in [0.15, 0.2) is 0 Å². The number of rotatable bonds is 2. The molecule has 0 radical (unpaired) electrons. The van der Waals surface area contributed by atoms with Crippen LogP contribution in [0.25, 0.3) is 20.9 Å². The Morgan fingerprint density at radius 3 is 2.56 bits per heavy atom. The Bertz CT molecular complexity index is 689. The fourth-order valence-electron chi connectivity index (χ4n) is 1.80. The third-order valence-corrected chi connectivity index (χ3v) is 3.84. The lowest BCUT2D eigenvalue weighted by Gasteiger charge is -1.98. The molecule has 2 aromatic heterocycles. The Morgan fingerprint density at radius 1 is 1.06 bits per heavy atom. The number of pyridine rings is 1. The summed E-state index contributed by atoms with van der Waals surface area (Å²) in [7, 11) is 0. The van der Waals surface area contributed by atoms with Crippen LogP contribution >= 0.6 is 11.3 Å². The molecule has 0 atom stereocenters. The molecule has 1 aromatic carbocycles. The number of aryl methyl sites for hydroxylation is 1. The van der Waals surface area contributed by atoms with Crippen molar-refractivity contribution in [1.29, 1.82) is 0 Å². The van der Waals surface area contributed by atoms with E-state index in [0.29, 0.717) is 4.83 Å². The molecule has 0 saturated carbocycles. The highest BCUT2D eigenvalue weighted by molar-refractivity contribution is 7.21. The quantitative estimate of drug-likeness (QED) is 0.648. The summed E-state index contributed by atoms with van der Waals surface area (Å²) in [5.74, 6) is -0.459. The molecule has 90 valence electrons. The van der Waals surface area contributed by atoms with Gasteiger partial charge < -0.3 is 0 Å². The molecule has 0 aliphatic carbocycles. The van der Waals surface area contributed by atoms with Crippen LogP contribution in [0.3, 0.4) is 0 Å². The molecule has 0 fully saturated rings. The van der Waals surface area contributed by atoms with Gasteiger partial charge in [-0.1, -0.05) is 42.5 Å². The summed E-state index contributed by atoms with van der Waals surface area (Å²) < 4.78 is 13.0. The van der Waals surface area contributed by atoms with Gasteiger partial charge in [-0.05, 0) is 24.1 Å². The van der Waals surface area contributed by atoms with E-state index in [1.165, 1.54) is 23.0 Å². The van der Waals surface area contributed by atoms with Crippen LogP contribution in [0.2, 0.25) is 0 Å². The lowest BCUT2D eigenvalue weighted by Crippen LogP contribution is -1.80. The van der Waals surface area contributed by atoms with Crippen LogP contribution in [-0.2, 0) is 6.42 Å². The van der Waals surface area contributed by atoms with Crippen molar-refractivity contribution in [3.8, 4) is 10.6 Å². The number of benzene rings is 1. The maximum absolute atomic E-state index is 13.0. The summed E-state index contributed by atoms with van der Waals surface area (Å²) in [6.45, 7) is 2.12. The third kappa shape index (κ3) is 1.99. The Kier molecular flexibility index (Phi) is 2.80. The summed E-state index contributed by atoms with van der Waals surface area (Å²) in [4.78, 5) is 8.96. The topological polar surface area (TPSA) is 25.8 Å². The number of hydrogen-bond acceptors (Lipinski definition) is 3. The Hall–Kier alpha value is -1.81. The summed E-state index contributed by atoms with van der Waals surface area (Å²) >= 11 is 1.42. The van der Waals surface area contributed by atoms with Gasteiger partial charge in [0.2, 0.25) is 5.95 Å². The van der Waals surface area contributed by atoms with Crippen molar-refractivity contribution >= 4 is 21.7 Å². The highest BCUT2D eigenvalue weighted by Crippen LogP contribution is 2.29. The maximum atomic E-state index is 13.0. The first kappa shape index (κ1) is 11.3. The zero-order valence-electron chi connectivity index (χ0n) is 9.85. The van der Waals surface area contributed by atoms with Gasteiger partial charge in [0.25, 0.3) is 0 Å². The minimum Gasteiger partial charge on any atom is -0.234 e. The highest BCUT2D eigenvalue weighted by atomic mass is 32.1. The zero-order valence-corrected chi connectivity index (χ0v) is 10.7. The van der Waals surface area contributed by atoms with Crippen molar-refractivity contribution in [3.63, 3.8) is 0 Å². The van der Waals surface area contributed by atoms with Crippen molar-refractivity contribution in [1.82, 2.24) is 9.97 Å². The molecule has 0 unspecified atom stereocenters. The second-order valence-electron chi connectivity index (χ2n) is 4.03. The van der Waals surface area contributed by atoms with Gasteiger partial charge in [-0.25, -0.2) is 9.97 Å². The number of halogens is 1. The Labute approximate surface area is 108 Å². The van der Waals surface area contributed by atoms with Crippen LogP contribution in [0.4, 0.5) is 4.39 Å².